The summed E-state index contributed by atoms with van der Waals surface area (Å²) in [5.74, 6) is 0.365. The van der Waals surface area contributed by atoms with E-state index >= 15 is 0 Å². The van der Waals surface area contributed by atoms with Crippen LogP contribution < -0.4 is 0 Å². The van der Waals surface area contributed by atoms with Crippen molar-refractivity contribution in [1.82, 2.24) is 4.90 Å². The number of carbonyl (C=O) groups excluding carboxylic acids is 2. The first-order valence-electron chi connectivity index (χ1n) is 4.88. The Balaban J connectivity index is 3.81. The number of hydrogen-bond donors (Lipinski definition) is 0. The van der Waals surface area contributed by atoms with Gasteiger partial charge < -0.3 is 0 Å². The molecule has 0 atom stereocenters. The lowest BCUT2D eigenvalue weighted by Crippen LogP contribution is -2.28. The van der Waals surface area contributed by atoms with Crippen molar-refractivity contribution >= 4 is 11.6 Å². The highest BCUT2D eigenvalue weighted by atomic mass is 16.1. The number of carbonyl (C=O) groups is 2. The van der Waals surface area contributed by atoms with Crippen LogP contribution in [0.5, 0.6) is 0 Å². The lowest BCUT2D eigenvalue weighted by atomic mass is 10.2. The molecular formula is C11H19NO2. The molecule has 0 aliphatic rings. The minimum atomic E-state index is 0.182. The molecule has 3 nitrogen and oxygen atoms in total. The van der Waals surface area contributed by atoms with Crippen molar-refractivity contribution in [2.24, 2.45) is 0 Å². The lowest BCUT2D eigenvalue weighted by Gasteiger charge is -2.18. The van der Waals surface area contributed by atoms with E-state index in [1.165, 1.54) is 0 Å². The van der Waals surface area contributed by atoms with Crippen LogP contribution in [-0.4, -0.2) is 36.1 Å². The molecule has 0 radical (unpaired) electrons. The average Bonchev–Trinajstić information content (AvgIpc) is 2.09. The summed E-state index contributed by atoms with van der Waals surface area (Å²) in [7, 11) is 0. The predicted molar refractivity (Wildman–Crippen MR) is 57.2 cm³/mol. The smallest absolute Gasteiger partial charge is 0.131 e. The van der Waals surface area contributed by atoms with Crippen molar-refractivity contribution in [3.63, 3.8) is 0 Å². The van der Waals surface area contributed by atoms with Gasteiger partial charge in [0.25, 0.3) is 0 Å². The fourth-order valence-corrected chi connectivity index (χ4v) is 1.11. The number of rotatable bonds is 8. The van der Waals surface area contributed by atoms with Crippen molar-refractivity contribution in [1.29, 1.82) is 0 Å². The molecule has 0 N–H and O–H groups in total. The summed E-state index contributed by atoms with van der Waals surface area (Å²) in [6, 6.07) is 0. The molecular weight excluding hydrogens is 178 g/mol. The van der Waals surface area contributed by atoms with Gasteiger partial charge in [-0.2, -0.15) is 0 Å². The summed E-state index contributed by atoms with van der Waals surface area (Å²) in [6.07, 6.45) is 2.89. The van der Waals surface area contributed by atoms with E-state index < -0.39 is 0 Å². The first-order chi connectivity index (χ1) is 6.56. The maximum absolute atomic E-state index is 10.8. The molecule has 0 spiro atoms. The van der Waals surface area contributed by atoms with Gasteiger partial charge in [0.2, 0.25) is 0 Å². The Labute approximate surface area is 85.8 Å². The van der Waals surface area contributed by atoms with E-state index in [4.69, 9.17) is 0 Å². The average molecular weight is 197 g/mol. The Bertz CT molecular complexity index is 193. The molecule has 0 rings (SSSR count). The molecule has 0 aliphatic heterocycles. The summed E-state index contributed by atoms with van der Waals surface area (Å²) in [6.45, 7) is 8.97. The number of hydrogen-bond acceptors (Lipinski definition) is 3. The Hall–Kier alpha value is -0.960. The second-order valence-corrected chi connectivity index (χ2v) is 3.49. The third kappa shape index (κ3) is 7.68. The van der Waals surface area contributed by atoms with Crippen molar-refractivity contribution in [3.05, 3.63) is 12.7 Å². The fourth-order valence-electron chi connectivity index (χ4n) is 1.11. The van der Waals surface area contributed by atoms with Crippen molar-refractivity contribution in [3.8, 4) is 0 Å². The van der Waals surface area contributed by atoms with E-state index in [9.17, 15) is 9.59 Å². The van der Waals surface area contributed by atoms with Crippen molar-refractivity contribution < 1.29 is 9.59 Å². The predicted octanol–water partition coefficient (Wildman–Crippen LogP) is 1.43. The van der Waals surface area contributed by atoms with Crippen LogP contribution in [0, 0.1) is 0 Å². The summed E-state index contributed by atoms with van der Waals surface area (Å²) in [5.41, 5.74) is 0. The molecule has 0 aliphatic carbocycles. The van der Waals surface area contributed by atoms with E-state index in [1.807, 2.05) is 0 Å². The highest BCUT2D eigenvalue weighted by Gasteiger charge is 2.05. The van der Waals surface area contributed by atoms with Gasteiger partial charge in [0.1, 0.15) is 11.6 Å². The molecule has 3 heteroatoms. The Kier molecular flexibility index (Phi) is 6.93. The molecule has 0 amide bonds. The standard InChI is InChI=1S/C11H19NO2/c1-4-7-12(8-5-10(2)13)9-6-11(3)14/h4H,1,5-9H2,2-3H3. The normalized spacial score (nSPS) is 10.2. The van der Waals surface area contributed by atoms with Crippen LogP contribution in [0.1, 0.15) is 26.7 Å². The molecule has 0 aromatic carbocycles. The van der Waals surface area contributed by atoms with Crippen molar-refractivity contribution in [2.75, 3.05) is 19.6 Å². The zero-order valence-electron chi connectivity index (χ0n) is 9.08. The van der Waals surface area contributed by atoms with Gasteiger partial charge in [-0.05, 0) is 13.8 Å². The fraction of sp³-hybridized carbons (Fsp3) is 0.636. The zero-order chi connectivity index (χ0) is 11.0. The Morgan fingerprint density at radius 3 is 1.86 bits per heavy atom. The van der Waals surface area contributed by atoms with Gasteiger partial charge >= 0.3 is 0 Å². The Morgan fingerprint density at radius 2 is 1.57 bits per heavy atom. The minimum Gasteiger partial charge on any atom is -0.300 e. The van der Waals surface area contributed by atoms with Gasteiger partial charge in [-0.25, -0.2) is 0 Å². The third-order valence-electron chi connectivity index (χ3n) is 1.95. The largest absolute Gasteiger partial charge is 0.300 e. The van der Waals surface area contributed by atoms with Gasteiger partial charge in [0.15, 0.2) is 0 Å². The molecule has 0 aromatic rings. The first kappa shape index (κ1) is 13.0. The summed E-state index contributed by atoms with van der Waals surface area (Å²) in [5, 5.41) is 0. The number of ketones is 2. The third-order valence-corrected chi connectivity index (χ3v) is 1.95. The van der Waals surface area contributed by atoms with E-state index in [0.717, 1.165) is 6.54 Å². The van der Waals surface area contributed by atoms with Gasteiger partial charge in [0, 0.05) is 32.5 Å². The topological polar surface area (TPSA) is 37.4 Å². The molecule has 0 saturated carbocycles. The van der Waals surface area contributed by atoms with Crippen LogP contribution >= 0.6 is 0 Å². The second kappa shape index (κ2) is 7.44. The lowest BCUT2D eigenvalue weighted by molar-refractivity contribution is -0.117. The second-order valence-electron chi connectivity index (χ2n) is 3.49. The molecule has 0 saturated heterocycles. The first-order valence-corrected chi connectivity index (χ1v) is 4.88. The summed E-state index contributed by atoms with van der Waals surface area (Å²) in [4.78, 5) is 23.6. The maximum atomic E-state index is 10.8. The van der Waals surface area contributed by atoms with E-state index in [-0.39, 0.29) is 11.6 Å². The van der Waals surface area contributed by atoms with Crippen LogP contribution in [0.2, 0.25) is 0 Å². The van der Waals surface area contributed by atoms with Gasteiger partial charge in [-0.1, -0.05) is 6.08 Å². The molecule has 0 bridgehead atoms. The van der Waals surface area contributed by atoms with Gasteiger partial charge in [-0.15, -0.1) is 6.58 Å². The van der Waals surface area contributed by atoms with Gasteiger partial charge in [-0.3, -0.25) is 14.5 Å². The molecule has 0 fully saturated rings. The van der Waals surface area contributed by atoms with E-state index in [2.05, 4.69) is 11.5 Å². The molecule has 0 heterocycles. The highest BCUT2D eigenvalue weighted by molar-refractivity contribution is 5.76. The zero-order valence-corrected chi connectivity index (χ0v) is 9.08. The monoisotopic (exact) mass is 197 g/mol. The van der Waals surface area contributed by atoms with Crippen LogP contribution in [0.25, 0.3) is 0 Å². The molecule has 0 unspecified atom stereocenters. The number of nitrogens with zero attached hydrogens (tertiary/aromatic N) is 1. The number of Topliss-reactive ketones (excluding diaryl/α,β-unsaturated/α-hetero) is 2. The van der Waals surface area contributed by atoms with Crippen LogP contribution in [0.15, 0.2) is 12.7 Å². The maximum Gasteiger partial charge on any atom is 0.131 e. The quantitative estimate of drug-likeness (QED) is 0.552. The van der Waals surface area contributed by atoms with Crippen molar-refractivity contribution in [2.45, 2.75) is 26.7 Å². The van der Waals surface area contributed by atoms with E-state index in [1.54, 1.807) is 19.9 Å². The Morgan fingerprint density at radius 1 is 1.14 bits per heavy atom. The molecule has 0 aromatic heterocycles. The van der Waals surface area contributed by atoms with Gasteiger partial charge in [0.05, 0.1) is 0 Å². The summed E-state index contributed by atoms with van der Waals surface area (Å²) < 4.78 is 0. The van der Waals surface area contributed by atoms with E-state index in [0.29, 0.717) is 25.9 Å². The molecule has 14 heavy (non-hydrogen) atoms. The van der Waals surface area contributed by atoms with Crippen LogP contribution in [-0.2, 0) is 9.59 Å². The summed E-state index contributed by atoms with van der Waals surface area (Å²) >= 11 is 0. The SMILES string of the molecule is C=CCN(CCC(C)=O)CCC(C)=O. The van der Waals surface area contributed by atoms with Crippen LogP contribution in [0.3, 0.4) is 0 Å². The van der Waals surface area contributed by atoms with Crippen LogP contribution in [0.4, 0.5) is 0 Å². The highest BCUT2D eigenvalue weighted by Crippen LogP contribution is 1.96. The minimum absolute atomic E-state index is 0.182. The molecule has 80 valence electrons.